The topological polar surface area (TPSA) is 50.6 Å². The van der Waals surface area contributed by atoms with Crippen LogP contribution in [-0.2, 0) is 4.79 Å². The Bertz CT molecular complexity index is 618. The van der Waals surface area contributed by atoms with Crippen LogP contribution in [-0.4, -0.2) is 37.4 Å². The average Bonchev–Trinajstić information content (AvgIpc) is 2.64. The van der Waals surface area contributed by atoms with Crippen molar-refractivity contribution in [2.24, 2.45) is 11.8 Å². The van der Waals surface area contributed by atoms with Crippen molar-refractivity contribution in [2.45, 2.75) is 58.4 Å². The van der Waals surface area contributed by atoms with E-state index >= 15 is 0 Å². The highest BCUT2D eigenvalue weighted by Gasteiger charge is 2.30. The molecule has 1 heterocycles. The number of hydrogen-bond donors (Lipinski definition) is 2. The fourth-order valence-electron chi connectivity index (χ4n) is 4.43. The van der Waals surface area contributed by atoms with Crippen molar-refractivity contribution in [1.82, 2.24) is 5.32 Å². The first-order chi connectivity index (χ1) is 12.5. The molecule has 3 rings (SSSR count). The maximum absolute atomic E-state index is 12.7. The van der Waals surface area contributed by atoms with Gasteiger partial charge < -0.3 is 10.2 Å². The number of quaternary nitrogens is 1. The molecule has 1 amide bonds. The number of carbonyl (C=O) groups is 2. The molecule has 1 saturated heterocycles. The zero-order valence-corrected chi connectivity index (χ0v) is 16.2. The van der Waals surface area contributed by atoms with E-state index in [0.717, 1.165) is 37.9 Å². The van der Waals surface area contributed by atoms with E-state index in [1.807, 2.05) is 31.2 Å². The van der Waals surface area contributed by atoms with Gasteiger partial charge in [0, 0.05) is 30.4 Å². The normalized spacial score (nSPS) is 29.2. The minimum absolute atomic E-state index is 0.114. The molecule has 4 nitrogen and oxygen atoms in total. The van der Waals surface area contributed by atoms with Gasteiger partial charge in [-0.1, -0.05) is 49.6 Å². The Morgan fingerprint density at radius 3 is 2.35 bits per heavy atom. The third kappa shape index (κ3) is 4.94. The Kier molecular flexibility index (Phi) is 6.47. The van der Waals surface area contributed by atoms with Crippen LogP contribution in [0, 0.1) is 18.8 Å². The maximum atomic E-state index is 12.7. The van der Waals surface area contributed by atoms with Gasteiger partial charge in [-0.05, 0) is 25.7 Å². The van der Waals surface area contributed by atoms with Gasteiger partial charge in [0.15, 0.2) is 12.3 Å². The summed E-state index contributed by atoms with van der Waals surface area (Å²) in [5.74, 6) is 1.16. The second-order valence-electron chi connectivity index (χ2n) is 8.37. The first kappa shape index (κ1) is 19.1. The van der Waals surface area contributed by atoms with E-state index in [1.54, 1.807) is 0 Å². The van der Waals surface area contributed by atoms with Gasteiger partial charge in [0.05, 0.1) is 13.1 Å². The quantitative estimate of drug-likeness (QED) is 0.794. The summed E-state index contributed by atoms with van der Waals surface area (Å²) >= 11 is 0. The lowest BCUT2D eigenvalue weighted by Gasteiger charge is -2.31. The van der Waals surface area contributed by atoms with Crippen LogP contribution in [0.5, 0.6) is 0 Å². The van der Waals surface area contributed by atoms with E-state index in [0.29, 0.717) is 18.5 Å². The lowest BCUT2D eigenvalue weighted by molar-refractivity contribution is -0.897. The van der Waals surface area contributed by atoms with Gasteiger partial charge in [-0.25, -0.2) is 0 Å². The van der Waals surface area contributed by atoms with E-state index in [1.165, 1.54) is 29.7 Å². The third-order valence-corrected chi connectivity index (χ3v) is 6.27. The first-order valence-corrected chi connectivity index (χ1v) is 10.3. The molecule has 1 aliphatic heterocycles. The predicted molar refractivity (Wildman–Crippen MR) is 103 cm³/mol. The molecule has 2 aliphatic rings. The van der Waals surface area contributed by atoms with Crippen molar-refractivity contribution in [1.29, 1.82) is 0 Å². The number of aryl methyl sites for hydroxylation is 1. The zero-order chi connectivity index (χ0) is 18.5. The van der Waals surface area contributed by atoms with Crippen LogP contribution in [0.2, 0.25) is 0 Å². The molecule has 1 aromatic rings. The highest BCUT2D eigenvalue weighted by atomic mass is 16.2. The largest absolute Gasteiger partial charge is 0.348 e. The highest BCUT2D eigenvalue weighted by molar-refractivity contribution is 5.97. The number of nitrogens with one attached hydrogen (secondary N) is 2. The number of benzene rings is 1. The van der Waals surface area contributed by atoms with Crippen LogP contribution in [0.1, 0.15) is 61.4 Å². The number of likely N-dealkylation sites (tertiary alicyclic amines) is 1. The van der Waals surface area contributed by atoms with Crippen molar-refractivity contribution in [3.05, 3.63) is 35.4 Å². The molecule has 0 radical (unpaired) electrons. The summed E-state index contributed by atoms with van der Waals surface area (Å²) < 4.78 is 0. The van der Waals surface area contributed by atoms with Gasteiger partial charge in [0.1, 0.15) is 0 Å². The summed E-state index contributed by atoms with van der Waals surface area (Å²) in [6.45, 7) is 6.66. The van der Waals surface area contributed by atoms with Crippen LogP contribution in [0.4, 0.5) is 0 Å². The molecule has 1 aromatic carbocycles. The average molecular weight is 358 g/mol. The number of hydrogen-bond acceptors (Lipinski definition) is 2. The van der Waals surface area contributed by atoms with E-state index in [2.05, 4.69) is 12.2 Å². The van der Waals surface area contributed by atoms with E-state index in [-0.39, 0.29) is 17.6 Å². The predicted octanol–water partition coefficient (Wildman–Crippen LogP) is 2.17. The molecular formula is C22H33N2O2+. The zero-order valence-electron chi connectivity index (χ0n) is 16.2. The van der Waals surface area contributed by atoms with E-state index in [9.17, 15) is 9.59 Å². The second kappa shape index (κ2) is 8.81. The summed E-state index contributed by atoms with van der Waals surface area (Å²) in [4.78, 5) is 26.4. The standard InChI is InChI=1S/C22H32N2O2/c1-16-7-9-18(10-8-16)22(26)19-11-13-24(14-12-19)15-21(25)23-20-6-4-3-5-17(20)2/h7-10,17,19-20H,3-6,11-15H2,1-2H3,(H,23,25)/p+1/t17-,20+/m1/s1. The van der Waals surface area contributed by atoms with Crippen LogP contribution in [0.3, 0.4) is 0 Å². The summed E-state index contributed by atoms with van der Waals surface area (Å²) in [6, 6.07) is 8.25. The Morgan fingerprint density at radius 1 is 1.04 bits per heavy atom. The van der Waals surface area contributed by atoms with Crippen molar-refractivity contribution < 1.29 is 14.5 Å². The number of carbonyl (C=O) groups excluding carboxylic acids is 2. The number of rotatable bonds is 5. The summed E-state index contributed by atoms with van der Waals surface area (Å²) in [6.07, 6.45) is 6.64. The van der Waals surface area contributed by atoms with Crippen LogP contribution in [0.25, 0.3) is 0 Å². The van der Waals surface area contributed by atoms with Gasteiger partial charge in [-0.3, -0.25) is 9.59 Å². The van der Waals surface area contributed by atoms with E-state index in [4.69, 9.17) is 0 Å². The van der Waals surface area contributed by atoms with Crippen molar-refractivity contribution >= 4 is 11.7 Å². The highest BCUT2D eigenvalue weighted by Crippen LogP contribution is 2.23. The fraction of sp³-hybridized carbons (Fsp3) is 0.636. The SMILES string of the molecule is Cc1ccc(C(=O)C2CC[NH+](CC(=O)N[C@H]3CCCC[C@H]3C)CC2)cc1. The van der Waals surface area contributed by atoms with Gasteiger partial charge in [-0.2, -0.15) is 0 Å². The van der Waals surface area contributed by atoms with Gasteiger partial charge in [0.25, 0.3) is 5.91 Å². The lowest BCUT2D eigenvalue weighted by atomic mass is 9.86. The molecule has 26 heavy (non-hydrogen) atoms. The third-order valence-electron chi connectivity index (χ3n) is 6.27. The van der Waals surface area contributed by atoms with E-state index < -0.39 is 0 Å². The molecule has 0 bridgehead atoms. The maximum Gasteiger partial charge on any atom is 0.275 e. The van der Waals surface area contributed by atoms with Gasteiger partial charge in [-0.15, -0.1) is 0 Å². The lowest BCUT2D eigenvalue weighted by Crippen LogP contribution is -3.14. The summed E-state index contributed by atoms with van der Waals surface area (Å²) in [7, 11) is 0. The molecule has 2 fully saturated rings. The molecule has 0 aromatic heterocycles. The van der Waals surface area contributed by atoms with Crippen LogP contribution in [0.15, 0.2) is 24.3 Å². The Morgan fingerprint density at radius 2 is 1.69 bits per heavy atom. The molecule has 2 atom stereocenters. The second-order valence-corrected chi connectivity index (χ2v) is 8.37. The Labute approximate surface area is 157 Å². The molecule has 2 N–H and O–H groups in total. The van der Waals surface area contributed by atoms with Gasteiger partial charge in [0.2, 0.25) is 0 Å². The van der Waals surface area contributed by atoms with Gasteiger partial charge >= 0.3 is 0 Å². The molecule has 4 heteroatoms. The summed E-state index contributed by atoms with van der Waals surface area (Å²) in [5.41, 5.74) is 2.01. The van der Waals surface area contributed by atoms with Crippen LogP contribution >= 0.6 is 0 Å². The molecular weight excluding hydrogens is 324 g/mol. The molecule has 0 unspecified atom stereocenters. The van der Waals surface area contributed by atoms with Crippen molar-refractivity contribution in [3.63, 3.8) is 0 Å². The number of piperidine rings is 1. The number of amides is 1. The Balaban J connectivity index is 1.44. The molecule has 142 valence electrons. The van der Waals surface area contributed by atoms with Crippen molar-refractivity contribution in [2.75, 3.05) is 19.6 Å². The first-order valence-electron chi connectivity index (χ1n) is 10.3. The van der Waals surface area contributed by atoms with Crippen LogP contribution < -0.4 is 10.2 Å². The minimum Gasteiger partial charge on any atom is -0.348 e. The molecule has 1 saturated carbocycles. The molecule has 0 spiro atoms. The smallest absolute Gasteiger partial charge is 0.275 e. The monoisotopic (exact) mass is 357 g/mol. The van der Waals surface area contributed by atoms with Crippen molar-refractivity contribution in [3.8, 4) is 0 Å². The molecule has 1 aliphatic carbocycles. The fourth-order valence-corrected chi connectivity index (χ4v) is 4.43. The Hall–Kier alpha value is -1.68. The summed E-state index contributed by atoms with van der Waals surface area (Å²) in [5, 5.41) is 3.25. The number of ketones is 1. The number of Topliss-reactive ketones (excluding diaryl/α,β-unsaturated/α-hetero) is 1. The minimum atomic E-state index is 0.114.